The fourth-order valence-electron chi connectivity index (χ4n) is 3.77. The molecule has 0 saturated heterocycles. The van der Waals surface area contributed by atoms with Gasteiger partial charge in [0.25, 0.3) is 0 Å². The van der Waals surface area contributed by atoms with Gasteiger partial charge in [-0.05, 0) is 54.6 Å². The summed E-state index contributed by atoms with van der Waals surface area (Å²) >= 11 is 0. The molecule has 0 atom stereocenters. The van der Waals surface area contributed by atoms with Crippen LogP contribution in [0.1, 0.15) is 62.1 Å². The summed E-state index contributed by atoms with van der Waals surface area (Å²) in [5.41, 5.74) is -2.71. The maximum Gasteiger partial charge on any atom is 0.335 e. The zero-order valence-electron chi connectivity index (χ0n) is 22.5. The maximum atomic E-state index is 11.5. The van der Waals surface area contributed by atoms with Gasteiger partial charge in [-0.15, -0.1) is 0 Å². The molecule has 9 N–H and O–H groups in total. The van der Waals surface area contributed by atoms with Crippen molar-refractivity contribution in [2.75, 3.05) is 16.0 Å². The molecule has 18 nitrogen and oxygen atoms in total. The number of aromatic carboxylic acids is 6. The second kappa shape index (κ2) is 13.8. The van der Waals surface area contributed by atoms with Crippen molar-refractivity contribution in [1.29, 1.82) is 0 Å². The second-order valence-corrected chi connectivity index (χ2v) is 8.91. The van der Waals surface area contributed by atoms with Crippen LogP contribution in [-0.2, 0) is 17.1 Å². The van der Waals surface area contributed by atoms with Crippen LogP contribution < -0.4 is 16.0 Å². The number of nitrogens with one attached hydrogen (secondary N) is 3. The number of hydrogen-bond acceptors (Lipinski definition) is 12. The molecule has 1 heterocycles. The fourth-order valence-corrected chi connectivity index (χ4v) is 3.77. The molecule has 0 bridgehead atoms. The van der Waals surface area contributed by atoms with E-state index in [9.17, 15) is 59.4 Å². The van der Waals surface area contributed by atoms with Gasteiger partial charge in [-0.25, -0.2) is 28.8 Å². The average molecular weight is 682 g/mol. The van der Waals surface area contributed by atoms with Crippen molar-refractivity contribution in [3.63, 3.8) is 0 Å². The first-order valence-corrected chi connectivity index (χ1v) is 12.1. The summed E-state index contributed by atoms with van der Waals surface area (Å²) in [5.74, 6) is -9.76. The predicted molar refractivity (Wildman–Crippen MR) is 151 cm³/mol. The molecule has 1 radical (unpaired) electrons. The van der Waals surface area contributed by atoms with Gasteiger partial charge in [0.1, 0.15) is 0 Å². The zero-order valence-corrected chi connectivity index (χ0v) is 23.4. The monoisotopic (exact) mass is 681 g/mol. The van der Waals surface area contributed by atoms with Crippen molar-refractivity contribution < 1.29 is 76.5 Å². The molecule has 4 rings (SSSR count). The van der Waals surface area contributed by atoms with Crippen molar-refractivity contribution in [3.8, 4) is 0 Å². The van der Waals surface area contributed by atoms with E-state index in [0.717, 1.165) is 54.6 Å². The third-order valence-corrected chi connectivity index (χ3v) is 5.68. The molecule has 0 aliphatic heterocycles. The van der Waals surface area contributed by atoms with Gasteiger partial charge >= 0.3 is 35.8 Å². The number of aromatic nitrogens is 3. The van der Waals surface area contributed by atoms with Crippen LogP contribution in [0.4, 0.5) is 34.9 Å². The molecule has 0 aliphatic rings. The second-order valence-electron chi connectivity index (χ2n) is 8.91. The summed E-state index contributed by atoms with van der Waals surface area (Å²) in [6.07, 6.45) is 0. The Labute approximate surface area is 265 Å². The summed E-state index contributed by atoms with van der Waals surface area (Å²) in [5, 5.41) is 64.2. The van der Waals surface area contributed by atoms with Crippen LogP contribution in [0.5, 0.6) is 0 Å². The Bertz CT molecular complexity index is 1610. The molecule has 0 fully saturated rings. The minimum absolute atomic E-state index is 0. The normalized spacial score (nSPS) is 10.2. The van der Waals surface area contributed by atoms with Gasteiger partial charge in [0, 0.05) is 34.1 Å². The van der Waals surface area contributed by atoms with E-state index in [1.807, 2.05) is 0 Å². The summed E-state index contributed by atoms with van der Waals surface area (Å²) in [4.78, 5) is 81.6. The van der Waals surface area contributed by atoms with E-state index in [2.05, 4.69) is 30.9 Å². The van der Waals surface area contributed by atoms with Gasteiger partial charge in [-0.1, -0.05) is 0 Å². The van der Waals surface area contributed by atoms with E-state index in [4.69, 9.17) is 0 Å². The molecule has 0 aliphatic carbocycles. The zero-order chi connectivity index (χ0) is 33.0. The number of carboxylic acid groups (broad SMARTS) is 6. The van der Waals surface area contributed by atoms with Gasteiger partial charge in [-0.2, -0.15) is 15.0 Å². The van der Waals surface area contributed by atoms with E-state index in [0.29, 0.717) is 0 Å². The van der Waals surface area contributed by atoms with Gasteiger partial charge in [0.15, 0.2) is 0 Å². The quantitative estimate of drug-likeness (QED) is 0.0968. The Hall–Kier alpha value is -6.59. The van der Waals surface area contributed by atoms with Crippen LogP contribution in [0.3, 0.4) is 0 Å². The first-order chi connectivity index (χ1) is 21.2. The van der Waals surface area contributed by atoms with E-state index in [1.54, 1.807) is 0 Å². The minimum Gasteiger partial charge on any atom is -0.478 e. The molecule has 1 aromatic heterocycles. The summed E-state index contributed by atoms with van der Waals surface area (Å²) in [6, 6.07) is 9.17. The molecular weight excluding hydrogens is 664 g/mol. The average Bonchev–Trinajstić information content (AvgIpc) is 2.96. The Morgan fingerprint density at radius 3 is 0.696 bits per heavy atom. The van der Waals surface area contributed by atoms with Gasteiger partial charge < -0.3 is 46.6 Å². The molecule has 0 unspecified atom stereocenters. The summed E-state index contributed by atoms with van der Waals surface area (Å²) in [7, 11) is 0. The minimum atomic E-state index is -1.44. The summed E-state index contributed by atoms with van der Waals surface area (Å²) < 4.78 is 0. The molecule has 239 valence electrons. The summed E-state index contributed by atoms with van der Waals surface area (Å²) in [6.45, 7) is 0. The Morgan fingerprint density at radius 1 is 0.370 bits per heavy atom. The third kappa shape index (κ3) is 8.28. The molecule has 4 aromatic rings. The molecular formula is C27H18CuN6O12. The molecule has 19 heteroatoms. The molecule has 0 spiro atoms. The van der Waals surface area contributed by atoms with Gasteiger partial charge in [0.05, 0.1) is 33.4 Å². The molecule has 0 amide bonds. The van der Waals surface area contributed by atoms with Crippen molar-refractivity contribution in [2.24, 2.45) is 0 Å². The Morgan fingerprint density at radius 2 is 0.543 bits per heavy atom. The van der Waals surface area contributed by atoms with E-state index in [1.165, 1.54) is 0 Å². The Balaban J connectivity index is 0.00000576. The van der Waals surface area contributed by atoms with Crippen molar-refractivity contribution in [1.82, 2.24) is 15.0 Å². The van der Waals surface area contributed by atoms with Gasteiger partial charge in [0.2, 0.25) is 17.8 Å². The van der Waals surface area contributed by atoms with Crippen molar-refractivity contribution in [3.05, 3.63) is 88.0 Å². The first-order valence-electron chi connectivity index (χ1n) is 12.1. The number of carboxylic acids is 6. The van der Waals surface area contributed by atoms with Crippen LogP contribution >= 0.6 is 0 Å². The third-order valence-electron chi connectivity index (χ3n) is 5.68. The van der Waals surface area contributed by atoms with E-state index < -0.39 is 69.2 Å². The van der Waals surface area contributed by atoms with Crippen LogP contribution in [0.15, 0.2) is 54.6 Å². The standard InChI is InChI=1S/C27H18N6O12.Cu/c34-19(35)10-1-11(20(36)37)5-16(4-10)28-25-31-26(29-17-6-12(21(38)39)2-13(7-17)22(40)41)33-27(32-25)30-18-8-14(23(42)43)3-15(9-18)24(44)45;/h1-9H,(H,34,35)(H,36,37)(H,38,39)(H,40,41)(H,42,43)(H,44,45)(H3,28,29,30,31,32,33);. The first kappa shape index (κ1) is 33.9. The van der Waals surface area contributed by atoms with Gasteiger partial charge in [-0.3, -0.25) is 0 Å². The SMILES string of the molecule is O=C(O)c1cc(Nc2nc(Nc3cc(C(=O)O)cc(C(=O)O)c3)nc(Nc3cc(C(=O)O)cc(C(=O)O)c3)n2)cc(C(=O)O)c1.[Cu]. The molecule has 0 saturated carbocycles. The number of rotatable bonds is 12. The smallest absolute Gasteiger partial charge is 0.335 e. The maximum absolute atomic E-state index is 11.5. The number of benzene rings is 3. The van der Waals surface area contributed by atoms with Crippen LogP contribution in [0.2, 0.25) is 0 Å². The Kier molecular flexibility index (Phi) is 10.2. The van der Waals surface area contributed by atoms with Crippen molar-refractivity contribution >= 4 is 70.7 Å². The topological polar surface area (TPSA) is 299 Å². The predicted octanol–water partition coefficient (Wildman–Crippen LogP) is 3.29. The molecule has 3 aromatic carbocycles. The fraction of sp³-hybridized carbons (Fsp3) is 0. The largest absolute Gasteiger partial charge is 0.478 e. The van der Waals surface area contributed by atoms with Crippen LogP contribution in [0, 0.1) is 0 Å². The number of carbonyl (C=O) groups is 6. The number of nitrogens with zero attached hydrogens (tertiary/aromatic N) is 3. The van der Waals surface area contributed by atoms with Crippen LogP contribution in [0.25, 0.3) is 0 Å². The van der Waals surface area contributed by atoms with Crippen LogP contribution in [-0.4, -0.2) is 81.4 Å². The van der Waals surface area contributed by atoms with Crippen molar-refractivity contribution in [2.45, 2.75) is 0 Å². The van der Waals surface area contributed by atoms with E-state index in [-0.39, 0.29) is 52.0 Å². The number of anilines is 6. The number of hydrogen-bond donors (Lipinski definition) is 9. The molecule has 46 heavy (non-hydrogen) atoms. The van der Waals surface area contributed by atoms with E-state index >= 15 is 0 Å².